The normalized spacial score (nSPS) is 11.4. The fourth-order valence-electron chi connectivity index (χ4n) is 2.78. The first kappa shape index (κ1) is 19.9. The van der Waals surface area contributed by atoms with Gasteiger partial charge in [-0.2, -0.15) is 0 Å². The van der Waals surface area contributed by atoms with E-state index in [0.717, 1.165) is 16.9 Å². The zero-order valence-electron chi connectivity index (χ0n) is 15.5. The molecule has 1 amide bonds. The second-order valence-electron chi connectivity index (χ2n) is 5.94. The molecule has 2 aromatic carbocycles. The Morgan fingerprint density at radius 2 is 1.96 bits per heavy atom. The summed E-state index contributed by atoms with van der Waals surface area (Å²) in [5, 5.41) is 2.55. The second-order valence-corrected chi connectivity index (χ2v) is 8.62. The Labute approximate surface area is 165 Å². The van der Waals surface area contributed by atoms with Crippen LogP contribution in [0.15, 0.2) is 46.1 Å². The molecule has 2 N–H and O–H groups in total. The van der Waals surface area contributed by atoms with Crippen molar-refractivity contribution < 1.29 is 17.9 Å². The molecule has 148 valence electrons. The van der Waals surface area contributed by atoms with E-state index in [1.54, 1.807) is 22.8 Å². The molecule has 0 unspecified atom stereocenters. The van der Waals surface area contributed by atoms with E-state index in [0.29, 0.717) is 22.7 Å². The maximum absolute atomic E-state index is 12.8. The van der Waals surface area contributed by atoms with Crippen molar-refractivity contribution in [3.05, 3.63) is 46.1 Å². The lowest BCUT2D eigenvalue weighted by molar-refractivity contribution is -0.114. The number of ether oxygens (including phenoxy) is 1. The molecule has 0 bridgehead atoms. The summed E-state index contributed by atoms with van der Waals surface area (Å²) >= 11 is 1.06. The van der Waals surface area contributed by atoms with Gasteiger partial charge in [0, 0.05) is 13.5 Å². The van der Waals surface area contributed by atoms with E-state index in [2.05, 4.69) is 10.0 Å². The van der Waals surface area contributed by atoms with Gasteiger partial charge in [-0.1, -0.05) is 11.3 Å². The van der Waals surface area contributed by atoms with Crippen LogP contribution in [0.4, 0.5) is 11.4 Å². The number of aromatic nitrogens is 1. The first-order valence-electron chi connectivity index (χ1n) is 8.37. The maximum Gasteiger partial charge on any atom is 0.308 e. The molecule has 1 aromatic heterocycles. The van der Waals surface area contributed by atoms with Crippen molar-refractivity contribution in [2.24, 2.45) is 0 Å². The Balaban J connectivity index is 1.96. The van der Waals surface area contributed by atoms with Crippen LogP contribution < -0.4 is 19.6 Å². The summed E-state index contributed by atoms with van der Waals surface area (Å²) < 4.78 is 35.5. The van der Waals surface area contributed by atoms with Gasteiger partial charge in [-0.15, -0.1) is 0 Å². The van der Waals surface area contributed by atoms with Gasteiger partial charge in [0.1, 0.15) is 5.75 Å². The minimum Gasteiger partial charge on any atom is -0.495 e. The molecule has 0 atom stereocenters. The van der Waals surface area contributed by atoms with Gasteiger partial charge in [0.15, 0.2) is 0 Å². The molecule has 10 heteroatoms. The third-order valence-corrected chi connectivity index (χ3v) is 6.35. The van der Waals surface area contributed by atoms with Crippen molar-refractivity contribution in [1.29, 1.82) is 0 Å². The number of carbonyl (C=O) groups excluding carboxylic acids is 1. The molecule has 8 nitrogen and oxygen atoms in total. The fraction of sp³-hybridized carbons (Fsp3) is 0.222. The molecular weight excluding hydrogens is 402 g/mol. The van der Waals surface area contributed by atoms with E-state index in [9.17, 15) is 18.0 Å². The highest BCUT2D eigenvalue weighted by molar-refractivity contribution is 7.92. The van der Waals surface area contributed by atoms with Crippen LogP contribution in [0.1, 0.15) is 13.8 Å². The van der Waals surface area contributed by atoms with Crippen molar-refractivity contribution in [2.75, 3.05) is 17.1 Å². The molecular formula is C18H19N3O5S2. The topological polar surface area (TPSA) is 106 Å². The highest BCUT2D eigenvalue weighted by Gasteiger charge is 2.18. The van der Waals surface area contributed by atoms with E-state index < -0.39 is 10.0 Å². The number of benzene rings is 2. The highest BCUT2D eigenvalue weighted by atomic mass is 32.2. The monoisotopic (exact) mass is 421 g/mol. The van der Waals surface area contributed by atoms with E-state index in [1.807, 2.05) is 6.92 Å². The van der Waals surface area contributed by atoms with E-state index in [4.69, 9.17) is 4.74 Å². The van der Waals surface area contributed by atoms with Crippen LogP contribution in [0.25, 0.3) is 10.2 Å². The quantitative estimate of drug-likeness (QED) is 0.637. The summed E-state index contributed by atoms with van der Waals surface area (Å²) in [6, 6.07) is 9.13. The average Bonchev–Trinajstić information content (AvgIpc) is 2.94. The lowest BCUT2D eigenvalue weighted by Gasteiger charge is -2.13. The number of sulfonamides is 1. The fourth-order valence-corrected chi connectivity index (χ4v) is 4.85. The number of anilines is 2. The minimum atomic E-state index is -3.91. The highest BCUT2D eigenvalue weighted by Crippen LogP contribution is 2.29. The Hall–Kier alpha value is -2.85. The van der Waals surface area contributed by atoms with Crippen LogP contribution in [-0.2, 0) is 21.4 Å². The molecule has 0 saturated carbocycles. The molecule has 0 aliphatic heterocycles. The van der Waals surface area contributed by atoms with Crippen LogP contribution >= 0.6 is 11.3 Å². The number of hydrogen-bond acceptors (Lipinski definition) is 6. The van der Waals surface area contributed by atoms with Crippen molar-refractivity contribution in [3.63, 3.8) is 0 Å². The molecule has 0 spiro atoms. The predicted molar refractivity (Wildman–Crippen MR) is 110 cm³/mol. The molecule has 0 aliphatic carbocycles. The molecule has 0 saturated heterocycles. The van der Waals surface area contributed by atoms with Gasteiger partial charge >= 0.3 is 4.87 Å². The standard InChI is InChI=1S/C18H19N3O5S2/c1-4-21-15-7-5-12(9-17(15)27-18(21)23)20-28(24,25)13-6-8-16(26-3)14(10-13)19-11(2)22/h5-10,20H,4H2,1-3H3,(H,19,22). The van der Waals surface area contributed by atoms with Crippen LogP contribution in [-0.4, -0.2) is 26.0 Å². The minimum absolute atomic E-state index is 0.0311. The molecule has 0 radical (unpaired) electrons. The maximum atomic E-state index is 12.8. The first-order chi connectivity index (χ1) is 13.2. The summed E-state index contributed by atoms with van der Waals surface area (Å²) in [4.78, 5) is 23.2. The SMILES string of the molecule is CCn1c(=O)sc2cc(NS(=O)(=O)c3ccc(OC)c(NC(C)=O)c3)ccc21. The summed E-state index contributed by atoms with van der Waals surface area (Å²) in [6.07, 6.45) is 0. The number of thiazole rings is 1. The van der Waals surface area contributed by atoms with Gasteiger partial charge < -0.3 is 10.1 Å². The first-order valence-corrected chi connectivity index (χ1v) is 10.7. The number of nitrogens with one attached hydrogen (secondary N) is 2. The molecule has 0 aliphatic rings. The van der Waals surface area contributed by atoms with E-state index >= 15 is 0 Å². The van der Waals surface area contributed by atoms with Crippen LogP contribution in [0.5, 0.6) is 5.75 Å². The van der Waals surface area contributed by atoms with Crippen LogP contribution in [0.3, 0.4) is 0 Å². The zero-order valence-corrected chi connectivity index (χ0v) is 17.1. The number of hydrogen-bond donors (Lipinski definition) is 2. The lowest BCUT2D eigenvalue weighted by atomic mass is 10.3. The Bertz CT molecular complexity index is 1210. The second kappa shape index (κ2) is 7.64. The molecule has 28 heavy (non-hydrogen) atoms. The number of nitrogens with zero attached hydrogens (tertiary/aromatic N) is 1. The summed E-state index contributed by atoms with van der Waals surface area (Å²) in [5.74, 6) is 0.00264. The number of carbonyl (C=O) groups is 1. The lowest BCUT2D eigenvalue weighted by Crippen LogP contribution is -2.14. The Morgan fingerprint density at radius 3 is 2.61 bits per heavy atom. The van der Waals surface area contributed by atoms with E-state index in [1.165, 1.54) is 32.2 Å². The van der Waals surface area contributed by atoms with Gasteiger partial charge in [0.25, 0.3) is 10.0 Å². The third-order valence-electron chi connectivity index (χ3n) is 4.03. The number of amides is 1. The van der Waals surface area contributed by atoms with Crippen molar-refractivity contribution in [1.82, 2.24) is 4.57 Å². The molecule has 3 rings (SSSR count). The summed E-state index contributed by atoms with van der Waals surface area (Å²) in [6.45, 7) is 3.74. The van der Waals surface area contributed by atoms with Crippen molar-refractivity contribution in [3.8, 4) is 5.75 Å². The smallest absolute Gasteiger partial charge is 0.308 e. The third kappa shape index (κ3) is 3.87. The number of methoxy groups -OCH3 is 1. The summed E-state index contributed by atoms with van der Waals surface area (Å²) in [5.41, 5.74) is 1.36. The molecule has 0 fully saturated rings. The average molecular weight is 422 g/mol. The zero-order chi connectivity index (χ0) is 20.5. The van der Waals surface area contributed by atoms with Gasteiger partial charge in [-0.05, 0) is 43.3 Å². The molecule has 3 aromatic rings. The van der Waals surface area contributed by atoms with Gasteiger partial charge in [0.2, 0.25) is 5.91 Å². The predicted octanol–water partition coefficient (Wildman–Crippen LogP) is 2.85. The van der Waals surface area contributed by atoms with Crippen LogP contribution in [0, 0.1) is 0 Å². The summed E-state index contributed by atoms with van der Waals surface area (Å²) in [7, 11) is -2.48. The number of rotatable bonds is 6. The van der Waals surface area contributed by atoms with Gasteiger partial charge in [-0.25, -0.2) is 8.42 Å². The van der Waals surface area contributed by atoms with Crippen molar-refractivity contribution >= 4 is 48.9 Å². The number of aryl methyl sites for hydroxylation is 1. The Morgan fingerprint density at radius 1 is 1.21 bits per heavy atom. The largest absolute Gasteiger partial charge is 0.495 e. The van der Waals surface area contributed by atoms with Gasteiger partial charge in [-0.3, -0.25) is 18.9 Å². The van der Waals surface area contributed by atoms with E-state index in [-0.39, 0.29) is 21.4 Å². The Kier molecular flexibility index (Phi) is 5.43. The molecule has 1 heterocycles. The number of fused-ring (bicyclic) bond motifs is 1. The van der Waals surface area contributed by atoms with Crippen LogP contribution in [0.2, 0.25) is 0 Å². The van der Waals surface area contributed by atoms with Gasteiger partial charge in [0.05, 0.1) is 33.6 Å². The van der Waals surface area contributed by atoms with Crippen molar-refractivity contribution in [2.45, 2.75) is 25.3 Å².